The van der Waals surface area contributed by atoms with Crippen LogP contribution in [-0.2, 0) is 6.54 Å². The van der Waals surface area contributed by atoms with Gasteiger partial charge in [0, 0.05) is 24.8 Å². The number of carbonyl (C=O) groups excluding carboxylic acids is 1. The number of rotatable bonds is 6. The van der Waals surface area contributed by atoms with Crippen molar-refractivity contribution in [1.82, 2.24) is 10.2 Å². The lowest BCUT2D eigenvalue weighted by molar-refractivity contribution is 0.0940. The number of carbonyl (C=O) groups is 1. The lowest BCUT2D eigenvalue weighted by Gasteiger charge is -2.25. The van der Waals surface area contributed by atoms with E-state index in [9.17, 15) is 4.79 Å². The summed E-state index contributed by atoms with van der Waals surface area (Å²) in [6, 6.07) is 17.6. The van der Waals surface area contributed by atoms with Crippen molar-refractivity contribution in [1.29, 1.82) is 0 Å². The van der Waals surface area contributed by atoms with Crippen molar-refractivity contribution in [3.63, 3.8) is 0 Å². The second-order valence-corrected chi connectivity index (χ2v) is 5.55. The number of likely N-dealkylation sites (N-methyl/N-ethyl adjacent to an activating group) is 1. The van der Waals surface area contributed by atoms with E-state index in [2.05, 4.69) is 36.3 Å². The van der Waals surface area contributed by atoms with E-state index in [0.29, 0.717) is 17.8 Å². The lowest BCUT2D eigenvalue weighted by Crippen LogP contribution is -2.40. The molecule has 0 aliphatic rings. The fraction of sp³-hybridized carbons (Fsp3) is 0.278. The summed E-state index contributed by atoms with van der Waals surface area (Å²) in [4.78, 5) is 14.4. The molecule has 1 amide bonds. The van der Waals surface area contributed by atoms with Gasteiger partial charge in [-0.05, 0) is 31.7 Å². The highest BCUT2D eigenvalue weighted by atomic mass is 16.1. The Morgan fingerprint density at radius 2 is 1.77 bits per heavy atom. The Bertz CT molecular complexity index is 613. The molecule has 22 heavy (non-hydrogen) atoms. The fourth-order valence-corrected chi connectivity index (χ4v) is 2.22. The van der Waals surface area contributed by atoms with Crippen molar-refractivity contribution in [3.05, 3.63) is 65.7 Å². The number of hydrogen-bond donors (Lipinski definition) is 2. The van der Waals surface area contributed by atoms with Crippen LogP contribution in [0.5, 0.6) is 0 Å². The summed E-state index contributed by atoms with van der Waals surface area (Å²) < 4.78 is 0. The van der Waals surface area contributed by atoms with E-state index >= 15 is 0 Å². The van der Waals surface area contributed by atoms with Gasteiger partial charge in [0.15, 0.2) is 0 Å². The Kier molecular flexibility index (Phi) is 5.55. The van der Waals surface area contributed by atoms with Crippen LogP contribution in [0.2, 0.25) is 0 Å². The average Bonchev–Trinajstić information content (AvgIpc) is 2.53. The number of anilines is 1. The molecule has 116 valence electrons. The topological polar surface area (TPSA) is 58.4 Å². The molecule has 0 spiro atoms. The first-order chi connectivity index (χ1) is 10.6. The van der Waals surface area contributed by atoms with Crippen molar-refractivity contribution in [2.45, 2.75) is 19.5 Å². The van der Waals surface area contributed by atoms with Crippen LogP contribution in [0, 0.1) is 0 Å². The number of hydrogen-bond acceptors (Lipinski definition) is 3. The maximum absolute atomic E-state index is 12.1. The minimum absolute atomic E-state index is 0.127. The number of benzene rings is 2. The third-order valence-electron chi connectivity index (χ3n) is 3.79. The summed E-state index contributed by atoms with van der Waals surface area (Å²) in [5.74, 6) is -0.127. The summed E-state index contributed by atoms with van der Waals surface area (Å²) >= 11 is 0. The molecule has 0 radical (unpaired) electrons. The zero-order valence-corrected chi connectivity index (χ0v) is 13.1. The van der Waals surface area contributed by atoms with Crippen LogP contribution in [-0.4, -0.2) is 30.4 Å². The third kappa shape index (κ3) is 4.33. The molecule has 2 rings (SSSR count). The van der Waals surface area contributed by atoms with Crippen LogP contribution >= 0.6 is 0 Å². The van der Waals surface area contributed by atoms with E-state index in [1.54, 1.807) is 12.1 Å². The van der Waals surface area contributed by atoms with E-state index in [1.807, 2.05) is 30.3 Å². The van der Waals surface area contributed by atoms with E-state index < -0.39 is 0 Å². The number of para-hydroxylation sites is 1. The number of nitrogen functional groups attached to an aromatic ring is 1. The molecule has 3 N–H and O–H groups in total. The van der Waals surface area contributed by atoms with Gasteiger partial charge >= 0.3 is 0 Å². The number of nitrogens with one attached hydrogen (secondary N) is 1. The maximum atomic E-state index is 12.1. The molecule has 0 saturated carbocycles. The highest BCUT2D eigenvalue weighted by Crippen LogP contribution is 2.10. The molecule has 0 aliphatic heterocycles. The van der Waals surface area contributed by atoms with E-state index in [0.717, 1.165) is 6.54 Å². The van der Waals surface area contributed by atoms with E-state index in [4.69, 9.17) is 5.73 Å². The summed E-state index contributed by atoms with van der Waals surface area (Å²) in [5.41, 5.74) is 8.11. The Labute approximate surface area is 131 Å². The second kappa shape index (κ2) is 7.61. The Morgan fingerprint density at radius 3 is 2.45 bits per heavy atom. The molecular weight excluding hydrogens is 274 g/mol. The van der Waals surface area contributed by atoms with Gasteiger partial charge in [-0.25, -0.2) is 0 Å². The monoisotopic (exact) mass is 297 g/mol. The minimum atomic E-state index is -0.127. The normalized spacial score (nSPS) is 12.1. The highest BCUT2D eigenvalue weighted by molar-refractivity contribution is 5.99. The van der Waals surface area contributed by atoms with Crippen molar-refractivity contribution in [3.8, 4) is 0 Å². The SMILES string of the molecule is CC(CNC(=O)c1ccccc1N)N(C)Cc1ccccc1. The first-order valence-electron chi connectivity index (χ1n) is 7.45. The summed E-state index contributed by atoms with van der Waals surface area (Å²) in [6.45, 7) is 3.53. The Morgan fingerprint density at radius 1 is 1.14 bits per heavy atom. The molecular formula is C18H23N3O. The van der Waals surface area contributed by atoms with E-state index in [-0.39, 0.29) is 11.9 Å². The largest absolute Gasteiger partial charge is 0.398 e. The zero-order chi connectivity index (χ0) is 15.9. The van der Waals surface area contributed by atoms with E-state index in [1.165, 1.54) is 5.56 Å². The van der Waals surface area contributed by atoms with Crippen molar-refractivity contribution in [2.75, 3.05) is 19.3 Å². The van der Waals surface area contributed by atoms with Crippen LogP contribution < -0.4 is 11.1 Å². The molecule has 0 bridgehead atoms. The minimum Gasteiger partial charge on any atom is -0.398 e. The number of nitrogens with zero attached hydrogens (tertiary/aromatic N) is 1. The number of nitrogens with two attached hydrogens (primary N) is 1. The Hall–Kier alpha value is -2.33. The van der Waals surface area contributed by atoms with Crippen LogP contribution in [0.15, 0.2) is 54.6 Å². The van der Waals surface area contributed by atoms with Gasteiger partial charge in [0.05, 0.1) is 5.56 Å². The molecule has 2 aromatic rings. The first kappa shape index (κ1) is 16.0. The number of amides is 1. The highest BCUT2D eigenvalue weighted by Gasteiger charge is 2.13. The first-order valence-corrected chi connectivity index (χ1v) is 7.45. The molecule has 1 unspecified atom stereocenters. The van der Waals surface area contributed by atoms with Crippen molar-refractivity contribution in [2.24, 2.45) is 0 Å². The predicted molar refractivity (Wildman–Crippen MR) is 90.6 cm³/mol. The van der Waals surface area contributed by atoms with Gasteiger partial charge < -0.3 is 11.1 Å². The fourth-order valence-electron chi connectivity index (χ4n) is 2.22. The summed E-state index contributed by atoms with van der Waals surface area (Å²) in [6.07, 6.45) is 0. The van der Waals surface area contributed by atoms with Gasteiger partial charge in [-0.2, -0.15) is 0 Å². The van der Waals surface area contributed by atoms with Gasteiger partial charge in [-0.3, -0.25) is 9.69 Å². The summed E-state index contributed by atoms with van der Waals surface area (Å²) in [7, 11) is 2.06. The molecule has 4 heteroatoms. The van der Waals surface area contributed by atoms with Crippen LogP contribution in [0.3, 0.4) is 0 Å². The zero-order valence-electron chi connectivity index (χ0n) is 13.1. The second-order valence-electron chi connectivity index (χ2n) is 5.55. The van der Waals surface area contributed by atoms with Crippen LogP contribution in [0.4, 0.5) is 5.69 Å². The summed E-state index contributed by atoms with van der Waals surface area (Å²) in [5, 5.41) is 2.95. The van der Waals surface area contributed by atoms with Crippen LogP contribution in [0.1, 0.15) is 22.8 Å². The quantitative estimate of drug-likeness (QED) is 0.806. The molecule has 4 nitrogen and oxygen atoms in total. The van der Waals surface area contributed by atoms with Gasteiger partial charge in [0.2, 0.25) is 0 Å². The lowest BCUT2D eigenvalue weighted by atomic mass is 10.1. The molecule has 2 aromatic carbocycles. The van der Waals surface area contributed by atoms with Crippen molar-refractivity contribution < 1.29 is 4.79 Å². The molecule has 0 aliphatic carbocycles. The van der Waals surface area contributed by atoms with Gasteiger partial charge in [0.1, 0.15) is 0 Å². The van der Waals surface area contributed by atoms with Gasteiger partial charge in [-0.15, -0.1) is 0 Å². The average molecular weight is 297 g/mol. The van der Waals surface area contributed by atoms with Gasteiger partial charge in [-0.1, -0.05) is 42.5 Å². The molecule has 0 saturated heterocycles. The smallest absolute Gasteiger partial charge is 0.253 e. The van der Waals surface area contributed by atoms with Gasteiger partial charge in [0.25, 0.3) is 5.91 Å². The maximum Gasteiger partial charge on any atom is 0.253 e. The third-order valence-corrected chi connectivity index (χ3v) is 3.79. The van der Waals surface area contributed by atoms with Crippen LogP contribution in [0.25, 0.3) is 0 Å². The standard InChI is InChI=1S/C18H23N3O/c1-14(21(2)13-15-8-4-3-5-9-15)12-20-18(22)16-10-6-7-11-17(16)19/h3-11,14H,12-13,19H2,1-2H3,(H,20,22). The molecule has 0 aromatic heterocycles. The Balaban J connectivity index is 1.85. The molecule has 1 atom stereocenters. The molecule has 0 heterocycles. The molecule has 0 fully saturated rings. The predicted octanol–water partition coefficient (Wildman–Crippen LogP) is 2.52. The van der Waals surface area contributed by atoms with Crippen molar-refractivity contribution >= 4 is 11.6 Å².